The molecule has 1 atom stereocenters. The highest BCUT2D eigenvalue weighted by Crippen LogP contribution is 2.29. The Labute approximate surface area is 182 Å². The average molecular weight is 421 g/mol. The molecular weight excluding hydrogens is 394 g/mol. The lowest BCUT2D eigenvalue weighted by atomic mass is 10.1. The Morgan fingerprint density at radius 2 is 1.58 bits per heavy atom. The lowest BCUT2D eigenvalue weighted by Crippen LogP contribution is -2.28. The highest BCUT2D eigenvalue weighted by atomic mass is 16.5. The molecule has 1 unspecified atom stereocenters. The van der Waals surface area contributed by atoms with E-state index in [1.54, 1.807) is 19.1 Å². The second-order valence-corrected chi connectivity index (χ2v) is 7.19. The van der Waals surface area contributed by atoms with Gasteiger partial charge in [-0.1, -0.05) is 36.4 Å². The Bertz CT molecular complexity index is 959. The summed E-state index contributed by atoms with van der Waals surface area (Å²) in [4.78, 5) is 12.7. The second-order valence-electron chi connectivity index (χ2n) is 7.19. The van der Waals surface area contributed by atoms with Gasteiger partial charge in [-0.15, -0.1) is 0 Å². The number of carboxylic acids is 1. The molecule has 0 amide bonds. The highest BCUT2D eigenvalue weighted by molar-refractivity contribution is 5.69. The first-order chi connectivity index (χ1) is 15.0. The first-order valence-electron chi connectivity index (χ1n) is 10.1. The predicted octanol–water partition coefficient (Wildman–Crippen LogP) is 5.01. The zero-order valence-corrected chi connectivity index (χ0v) is 17.7. The summed E-state index contributed by atoms with van der Waals surface area (Å²) < 4.78 is 17.4. The molecule has 1 N–H and O–H groups in total. The van der Waals surface area contributed by atoms with Gasteiger partial charge in [-0.05, 0) is 49.0 Å². The van der Waals surface area contributed by atoms with E-state index in [1.807, 2.05) is 78.9 Å². The number of hydrogen-bond acceptors (Lipinski definition) is 5. The minimum atomic E-state index is -0.841. The summed E-state index contributed by atoms with van der Waals surface area (Å²) in [5.41, 5.74) is 1.04. The van der Waals surface area contributed by atoms with Crippen molar-refractivity contribution in [3.8, 4) is 23.0 Å². The van der Waals surface area contributed by atoms with Crippen molar-refractivity contribution in [3.63, 3.8) is 0 Å². The molecule has 0 spiro atoms. The number of rotatable bonds is 11. The number of likely N-dealkylation sites (N-methyl/N-ethyl adjacent to an activating group) is 1. The first kappa shape index (κ1) is 22.2. The summed E-state index contributed by atoms with van der Waals surface area (Å²) >= 11 is 0. The lowest BCUT2D eigenvalue weighted by Gasteiger charge is -2.22. The van der Waals surface area contributed by atoms with Crippen LogP contribution in [0, 0.1) is 0 Å². The van der Waals surface area contributed by atoms with Crippen LogP contribution >= 0.6 is 0 Å². The number of aliphatic carboxylic acids is 1. The van der Waals surface area contributed by atoms with Gasteiger partial charge in [0.05, 0.1) is 13.7 Å². The molecule has 3 aromatic carbocycles. The van der Waals surface area contributed by atoms with Crippen molar-refractivity contribution in [2.24, 2.45) is 0 Å². The standard InChI is InChI=1S/C25H27NO5/c1-26(18-25(27)28)16-15-24(19-7-4-3-5-8-19)31-21-13-11-20(12-14-21)30-23-10-6-9-22(17-23)29-2/h3-14,17,24H,15-16,18H2,1-2H3,(H,27,28). The van der Waals surface area contributed by atoms with Crippen molar-refractivity contribution in [1.29, 1.82) is 0 Å². The third-order valence-corrected chi connectivity index (χ3v) is 4.73. The van der Waals surface area contributed by atoms with E-state index in [1.165, 1.54) is 0 Å². The van der Waals surface area contributed by atoms with Gasteiger partial charge in [0.25, 0.3) is 0 Å². The fourth-order valence-electron chi connectivity index (χ4n) is 3.16. The molecule has 0 aromatic heterocycles. The van der Waals surface area contributed by atoms with Gasteiger partial charge in [0, 0.05) is 19.0 Å². The summed E-state index contributed by atoms with van der Waals surface area (Å²) in [5, 5.41) is 8.97. The van der Waals surface area contributed by atoms with Crippen LogP contribution < -0.4 is 14.2 Å². The van der Waals surface area contributed by atoms with E-state index in [2.05, 4.69) is 0 Å². The molecular formula is C25H27NO5. The fourth-order valence-corrected chi connectivity index (χ4v) is 3.16. The molecule has 162 valence electrons. The molecule has 6 heteroatoms. The summed E-state index contributed by atoms with van der Waals surface area (Å²) in [6, 6.07) is 24.8. The molecule has 0 heterocycles. The van der Waals surface area contributed by atoms with E-state index in [-0.39, 0.29) is 12.6 Å². The zero-order chi connectivity index (χ0) is 22.1. The number of carboxylic acid groups (broad SMARTS) is 1. The molecule has 0 aliphatic carbocycles. The Morgan fingerprint density at radius 3 is 2.26 bits per heavy atom. The fraction of sp³-hybridized carbons (Fsp3) is 0.240. The van der Waals surface area contributed by atoms with Crippen LogP contribution in [0.4, 0.5) is 0 Å². The summed E-state index contributed by atoms with van der Waals surface area (Å²) in [5.74, 6) is 1.99. The van der Waals surface area contributed by atoms with Crippen LogP contribution in [-0.4, -0.2) is 43.2 Å². The summed E-state index contributed by atoms with van der Waals surface area (Å²) in [6.07, 6.45) is 0.471. The van der Waals surface area contributed by atoms with Crippen molar-refractivity contribution < 1.29 is 24.1 Å². The number of ether oxygens (including phenoxy) is 3. The van der Waals surface area contributed by atoms with Gasteiger partial charge >= 0.3 is 5.97 Å². The number of methoxy groups -OCH3 is 1. The molecule has 0 bridgehead atoms. The lowest BCUT2D eigenvalue weighted by molar-refractivity contribution is -0.138. The van der Waals surface area contributed by atoms with Crippen molar-refractivity contribution in [1.82, 2.24) is 4.90 Å². The van der Waals surface area contributed by atoms with Crippen LogP contribution in [0.5, 0.6) is 23.0 Å². The van der Waals surface area contributed by atoms with Crippen LogP contribution in [0.25, 0.3) is 0 Å². The van der Waals surface area contributed by atoms with Crippen LogP contribution in [0.2, 0.25) is 0 Å². The Balaban J connectivity index is 1.66. The van der Waals surface area contributed by atoms with E-state index in [0.29, 0.717) is 30.2 Å². The summed E-state index contributed by atoms with van der Waals surface area (Å²) in [6.45, 7) is 0.598. The van der Waals surface area contributed by atoms with Crippen molar-refractivity contribution in [2.45, 2.75) is 12.5 Å². The molecule has 0 saturated carbocycles. The van der Waals surface area contributed by atoms with Crippen molar-refractivity contribution in [2.75, 3.05) is 27.2 Å². The van der Waals surface area contributed by atoms with E-state index in [0.717, 1.165) is 11.3 Å². The SMILES string of the molecule is COc1cccc(Oc2ccc(OC(CCN(C)CC(=O)O)c3ccccc3)cc2)c1. The Kier molecular flexibility index (Phi) is 7.90. The minimum Gasteiger partial charge on any atom is -0.497 e. The Morgan fingerprint density at radius 1 is 0.903 bits per heavy atom. The van der Waals surface area contributed by atoms with Crippen molar-refractivity contribution in [3.05, 3.63) is 84.4 Å². The van der Waals surface area contributed by atoms with E-state index in [4.69, 9.17) is 19.3 Å². The number of nitrogens with zero attached hydrogens (tertiary/aromatic N) is 1. The van der Waals surface area contributed by atoms with Gasteiger partial charge in [0.2, 0.25) is 0 Å². The van der Waals surface area contributed by atoms with Crippen LogP contribution in [0.3, 0.4) is 0 Å². The van der Waals surface area contributed by atoms with Crippen molar-refractivity contribution >= 4 is 5.97 Å². The third kappa shape index (κ3) is 7.04. The van der Waals surface area contributed by atoms with Crippen LogP contribution in [-0.2, 0) is 4.79 Å². The maximum Gasteiger partial charge on any atom is 0.317 e. The maximum atomic E-state index is 10.9. The van der Waals surface area contributed by atoms with Gasteiger partial charge in [-0.3, -0.25) is 9.69 Å². The van der Waals surface area contributed by atoms with Gasteiger partial charge in [0.15, 0.2) is 0 Å². The second kappa shape index (κ2) is 11.0. The topological polar surface area (TPSA) is 68.2 Å². The predicted molar refractivity (Wildman–Crippen MR) is 119 cm³/mol. The zero-order valence-electron chi connectivity index (χ0n) is 17.7. The van der Waals surface area contributed by atoms with Gasteiger partial charge in [-0.25, -0.2) is 0 Å². The quantitative estimate of drug-likeness (QED) is 0.469. The average Bonchev–Trinajstić information content (AvgIpc) is 2.78. The molecule has 3 rings (SSSR count). The molecule has 31 heavy (non-hydrogen) atoms. The van der Waals surface area contributed by atoms with E-state index >= 15 is 0 Å². The number of hydrogen-bond donors (Lipinski definition) is 1. The maximum absolute atomic E-state index is 10.9. The minimum absolute atomic E-state index is 0.00217. The molecule has 3 aromatic rings. The van der Waals surface area contributed by atoms with E-state index in [9.17, 15) is 4.79 Å². The smallest absolute Gasteiger partial charge is 0.317 e. The van der Waals surface area contributed by atoms with Crippen LogP contribution in [0.15, 0.2) is 78.9 Å². The van der Waals surface area contributed by atoms with E-state index < -0.39 is 5.97 Å². The van der Waals surface area contributed by atoms with Gasteiger partial charge in [-0.2, -0.15) is 0 Å². The van der Waals surface area contributed by atoms with Crippen LogP contribution in [0.1, 0.15) is 18.1 Å². The van der Waals surface area contributed by atoms with Gasteiger partial charge < -0.3 is 19.3 Å². The number of benzene rings is 3. The molecule has 0 aliphatic heterocycles. The molecule has 6 nitrogen and oxygen atoms in total. The normalized spacial score (nSPS) is 11.7. The highest BCUT2D eigenvalue weighted by Gasteiger charge is 2.15. The Hall–Kier alpha value is -3.51. The summed E-state index contributed by atoms with van der Waals surface area (Å²) in [7, 11) is 3.41. The molecule has 0 fully saturated rings. The molecule has 0 radical (unpaired) electrons. The first-order valence-corrected chi connectivity index (χ1v) is 10.1. The molecule has 0 saturated heterocycles. The van der Waals surface area contributed by atoms with Gasteiger partial charge in [0.1, 0.15) is 29.1 Å². The number of carbonyl (C=O) groups is 1. The largest absolute Gasteiger partial charge is 0.497 e. The monoisotopic (exact) mass is 421 g/mol. The molecule has 0 aliphatic rings. The third-order valence-electron chi connectivity index (χ3n) is 4.73.